The largest absolute Gasteiger partial charge is 0.367 e. The van der Waals surface area contributed by atoms with E-state index >= 15 is 0 Å². The molecule has 3 rings (SSSR count). The van der Waals surface area contributed by atoms with Gasteiger partial charge in [-0.15, -0.1) is 0 Å². The molecular formula is C19H26N6O. The number of piperazine rings is 1. The summed E-state index contributed by atoms with van der Waals surface area (Å²) in [6, 6.07) is 5.77. The maximum Gasteiger partial charge on any atom is 0.230 e. The Kier molecular flexibility index (Phi) is 5.06. The summed E-state index contributed by atoms with van der Waals surface area (Å²) in [4.78, 5) is 29.8. The van der Waals surface area contributed by atoms with Crippen molar-refractivity contribution in [3.63, 3.8) is 0 Å². The molecule has 1 fully saturated rings. The number of anilines is 3. The van der Waals surface area contributed by atoms with Gasteiger partial charge in [-0.3, -0.25) is 4.79 Å². The van der Waals surface area contributed by atoms with Gasteiger partial charge in [-0.1, -0.05) is 20.8 Å². The number of amides is 1. The second kappa shape index (κ2) is 7.27. The first-order valence-corrected chi connectivity index (χ1v) is 8.90. The van der Waals surface area contributed by atoms with E-state index < -0.39 is 5.41 Å². The third-order valence-corrected chi connectivity index (χ3v) is 4.38. The fourth-order valence-corrected chi connectivity index (χ4v) is 2.70. The lowest BCUT2D eigenvalue weighted by Crippen LogP contribution is -2.47. The molecule has 0 bridgehead atoms. The Morgan fingerprint density at radius 3 is 2.31 bits per heavy atom. The lowest BCUT2D eigenvalue weighted by molar-refractivity contribution is -0.123. The molecule has 3 heterocycles. The summed E-state index contributed by atoms with van der Waals surface area (Å²) in [6.07, 6.45) is 3.62. The van der Waals surface area contributed by atoms with Crippen molar-refractivity contribution in [1.82, 2.24) is 15.0 Å². The van der Waals surface area contributed by atoms with Crippen LogP contribution in [0.15, 0.2) is 30.6 Å². The van der Waals surface area contributed by atoms with Crippen LogP contribution < -0.4 is 15.1 Å². The van der Waals surface area contributed by atoms with Gasteiger partial charge in [-0.2, -0.15) is 0 Å². The van der Waals surface area contributed by atoms with Crippen molar-refractivity contribution in [3.05, 3.63) is 36.3 Å². The van der Waals surface area contributed by atoms with Crippen molar-refractivity contribution in [2.24, 2.45) is 5.41 Å². The first-order chi connectivity index (χ1) is 12.3. The van der Waals surface area contributed by atoms with Gasteiger partial charge in [0, 0.05) is 43.5 Å². The summed E-state index contributed by atoms with van der Waals surface area (Å²) >= 11 is 0. The molecule has 1 N–H and O–H groups in total. The molecule has 0 saturated carbocycles. The molecule has 2 aromatic heterocycles. The Labute approximate surface area is 154 Å². The van der Waals surface area contributed by atoms with Crippen LogP contribution in [-0.4, -0.2) is 47.0 Å². The van der Waals surface area contributed by atoms with Crippen LogP contribution in [0, 0.1) is 12.3 Å². The monoisotopic (exact) mass is 354 g/mol. The number of aryl methyl sites for hydroxylation is 1. The van der Waals surface area contributed by atoms with Crippen LogP contribution in [0.3, 0.4) is 0 Å². The van der Waals surface area contributed by atoms with Crippen LogP contribution in [-0.2, 0) is 4.79 Å². The molecule has 1 amide bonds. The van der Waals surface area contributed by atoms with Gasteiger partial charge in [0.1, 0.15) is 5.82 Å². The van der Waals surface area contributed by atoms with Crippen molar-refractivity contribution in [1.29, 1.82) is 0 Å². The van der Waals surface area contributed by atoms with Crippen LogP contribution in [0.25, 0.3) is 0 Å². The highest BCUT2D eigenvalue weighted by Crippen LogP contribution is 2.20. The molecule has 2 aromatic rings. The van der Waals surface area contributed by atoms with Crippen LogP contribution in [0.1, 0.15) is 26.5 Å². The summed E-state index contributed by atoms with van der Waals surface area (Å²) in [6.45, 7) is 11.1. The predicted octanol–water partition coefficient (Wildman–Crippen LogP) is 2.49. The zero-order valence-electron chi connectivity index (χ0n) is 15.9. The van der Waals surface area contributed by atoms with Gasteiger partial charge in [-0.05, 0) is 25.1 Å². The van der Waals surface area contributed by atoms with Crippen LogP contribution in [0.4, 0.5) is 17.5 Å². The normalized spacial score (nSPS) is 15.1. The van der Waals surface area contributed by atoms with Gasteiger partial charge >= 0.3 is 0 Å². The summed E-state index contributed by atoms with van der Waals surface area (Å²) in [7, 11) is 0. The Hall–Kier alpha value is -2.70. The maximum absolute atomic E-state index is 12.0. The van der Waals surface area contributed by atoms with E-state index in [-0.39, 0.29) is 5.91 Å². The van der Waals surface area contributed by atoms with E-state index in [1.54, 1.807) is 6.20 Å². The van der Waals surface area contributed by atoms with E-state index in [1.807, 2.05) is 52.1 Å². The topological polar surface area (TPSA) is 74.2 Å². The molecular weight excluding hydrogens is 328 g/mol. The number of hydrogen-bond acceptors (Lipinski definition) is 6. The Balaban J connectivity index is 1.59. The highest BCUT2D eigenvalue weighted by molar-refractivity contribution is 5.93. The summed E-state index contributed by atoms with van der Waals surface area (Å²) < 4.78 is 0. The van der Waals surface area contributed by atoms with Crippen molar-refractivity contribution in [3.8, 4) is 0 Å². The number of pyridine rings is 1. The average molecular weight is 354 g/mol. The fraction of sp³-hybridized carbons (Fsp3) is 0.474. The van der Waals surface area contributed by atoms with E-state index in [0.717, 1.165) is 43.5 Å². The minimum Gasteiger partial charge on any atom is -0.367 e. The molecule has 138 valence electrons. The van der Waals surface area contributed by atoms with Gasteiger partial charge in [0.25, 0.3) is 0 Å². The lowest BCUT2D eigenvalue weighted by Gasteiger charge is -2.36. The summed E-state index contributed by atoms with van der Waals surface area (Å²) in [5.41, 5.74) is 1.60. The molecule has 0 aliphatic carbocycles. The Bertz CT molecular complexity index is 760. The van der Waals surface area contributed by atoms with Crippen LogP contribution in [0.2, 0.25) is 0 Å². The standard InChI is InChI=1S/C19H26N6O/c1-14-7-8-20-18(22-14)25-11-9-24(10-12-25)15-5-6-16(21-13-15)23-17(26)19(2,3)4/h5-8,13H,9-12H2,1-4H3,(H,21,23,26). The zero-order chi connectivity index (χ0) is 18.7. The number of aromatic nitrogens is 3. The molecule has 26 heavy (non-hydrogen) atoms. The van der Waals surface area contributed by atoms with Gasteiger partial charge < -0.3 is 15.1 Å². The molecule has 0 radical (unpaired) electrons. The Morgan fingerprint density at radius 2 is 1.73 bits per heavy atom. The smallest absolute Gasteiger partial charge is 0.230 e. The minimum absolute atomic E-state index is 0.0375. The van der Waals surface area contributed by atoms with Crippen molar-refractivity contribution >= 4 is 23.4 Å². The zero-order valence-corrected chi connectivity index (χ0v) is 15.9. The molecule has 1 saturated heterocycles. The van der Waals surface area contributed by atoms with Gasteiger partial charge in [0.15, 0.2) is 0 Å². The highest BCUT2D eigenvalue weighted by Gasteiger charge is 2.22. The molecule has 7 heteroatoms. The second-order valence-electron chi connectivity index (χ2n) is 7.58. The fourth-order valence-electron chi connectivity index (χ4n) is 2.70. The second-order valence-corrected chi connectivity index (χ2v) is 7.58. The van der Waals surface area contributed by atoms with Crippen molar-refractivity contribution in [2.75, 3.05) is 41.3 Å². The van der Waals surface area contributed by atoms with Crippen molar-refractivity contribution in [2.45, 2.75) is 27.7 Å². The first-order valence-electron chi connectivity index (χ1n) is 8.90. The summed E-state index contributed by atoms with van der Waals surface area (Å²) in [5, 5.41) is 2.85. The van der Waals surface area contributed by atoms with Crippen LogP contribution in [0.5, 0.6) is 0 Å². The van der Waals surface area contributed by atoms with E-state index in [2.05, 4.69) is 30.1 Å². The minimum atomic E-state index is -0.436. The molecule has 7 nitrogen and oxygen atoms in total. The average Bonchev–Trinajstić information content (AvgIpc) is 2.62. The number of hydrogen-bond donors (Lipinski definition) is 1. The van der Waals surface area contributed by atoms with Gasteiger partial charge in [0.05, 0.1) is 11.9 Å². The van der Waals surface area contributed by atoms with Crippen LogP contribution >= 0.6 is 0 Å². The number of carbonyl (C=O) groups excluding carboxylic acids is 1. The summed E-state index contributed by atoms with van der Waals surface area (Å²) in [5.74, 6) is 1.34. The van der Waals surface area contributed by atoms with Gasteiger partial charge in [-0.25, -0.2) is 15.0 Å². The third kappa shape index (κ3) is 4.28. The number of nitrogens with zero attached hydrogens (tertiary/aromatic N) is 5. The molecule has 0 unspecified atom stereocenters. The quantitative estimate of drug-likeness (QED) is 0.913. The Morgan fingerprint density at radius 1 is 1.04 bits per heavy atom. The molecule has 0 spiro atoms. The van der Waals surface area contributed by atoms with E-state index in [4.69, 9.17) is 0 Å². The van der Waals surface area contributed by atoms with E-state index in [9.17, 15) is 4.79 Å². The predicted molar refractivity (Wildman–Crippen MR) is 104 cm³/mol. The number of nitrogens with one attached hydrogen (secondary N) is 1. The first kappa shape index (κ1) is 18.1. The maximum atomic E-state index is 12.0. The number of carbonyl (C=O) groups is 1. The lowest BCUT2D eigenvalue weighted by atomic mass is 9.96. The number of rotatable bonds is 3. The van der Waals surface area contributed by atoms with E-state index in [1.165, 1.54) is 0 Å². The third-order valence-electron chi connectivity index (χ3n) is 4.38. The highest BCUT2D eigenvalue weighted by atomic mass is 16.2. The van der Waals surface area contributed by atoms with E-state index in [0.29, 0.717) is 5.82 Å². The SMILES string of the molecule is Cc1ccnc(N2CCN(c3ccc(NC(=O)C(C)(C)C)nc3)CC2)n1. The molecule has 1 aliphatic rings. The van der Waals surface area contributed by atoms with Crippen molar-refractivity contribution < 1.29 is 4.79 Å². The molecule has 0 atom stereocenters. The molecule has 1 aliphatic heterocycles. The van der Waals surface area contributed by atoms with Gasteiger partial charge in [0.2, 0.25) is 11.9 Å². The molecule has 0 aromatic carbocycles.